The third kappa shape index (κ3) is 5.81. The number of nitrogens with zero attached hydrogens (tertiary/aromatic N) is 2. The Morgan fingerprint density at radius 2 is 2.00 bits per heavy atom. The highest BCUT2D eigenvalue weighted by Gasteiger charge is 2.11. The molecular formula is C22H28N4O2. The van der Waals surface area contributed by atoms with Gasteiger partial charge in [0.05, 0.1) is 6.61 Å². The quantitative estimate of drug-likeness (QED) is 0.647. The first-order valence-electron chi connectivity index (χ1n) is 9.95. The van der Waals surface area contributed by atoms with Crippen LogP contribution in [0, 0.1) is 6.92 Å². The van der Waals surface area contributed by atoms with Crippen molar-refractivity contribution in [3.63, 3.8) is 0 Å². The van der Waals surface area contributed by atoms with Gasteiger partial charge in [-0.15, -0.1) is 0 Å². The summed E-state index contributed by atoms with van der Waals surface area (Å²) in [6.07, 6.45) is 8.29. The Hall–Kier alpha value is -2.89. The monoisotopic (exact) mass is 380 g/mol. The van der Waals surface area contributed by atoms with Gasteiger partial charge in [0.2, 0.25) is 5.95 Å². The van der Waals surface area contributed by atoms with Crippen molar-refractivity contribution in [2.24, 2.45) is 0 Å². The third-order valence-corrected chi connectivity index (χ3v) is 4.62. The first-order valence-corrected chi connectivity index (χ1v) is 9.95. The lowest BCUT2D eigenvalue weighted by Crippen LogP contribution is -2.16. The molecule has 1 aliphatic carbocycles. The zero-order valence-corrected chi connectivity index (χ0v) is 16.6. The summed E-state index contributed by atoms with van der Waals surface area (Å²) < 4.78 is 5.42. The summed E-state index contributed by atoms with van der Waals surface area (Å²) in [5, 5.41) is 6.12. The molecular weight excluding hydrogens is 352 g/mol. The number of benzene rings is 1. The molecule has 1 amide bonds. The predicted molar refractivity (Wildman–Crippen MR) is 112 cm³/mol. The fourth-order valence-corrected chi connectivity index (χ4v) is 3.23. The van der Waals surface area contributed by atoms with Gasteiger partial charge in [-0.05, 0) is 76.3 Å². The van der Waals surface area contributed by atoms with Gasteiger partial charge in [0.15, 0.2) is 0 Å². The number of carbonyl (C=O) groups is 1. The van der Waals surface area contributed by atoms with E-state index in [2.05, 4.69) is 26.7 Å². The molecule has 3 rings (SSSR count). The predicted octanol–water partition coefficient (Wildman–Crippen LogP) is 4.74. The van der Waals surface area contributed by atoms with E-state index in [1.807, 2.05) is 38.1 Å². The lowest BCUT2D eigenvalue weighted by molar-refractivity contribution is 0.102. The van der Waals surface area contributed by atoms with Crippen molar-refractivity contribution >= 4 is 17.5 Å². The summed E-state index contributed by atoms with van der Waals surface area (Å²) in [6.45, 7) is 5.18. The number of nitrogens with one attached hydrogen (secondary N) is 2. The Labute approximate surface area is 166 Å². The summed E-state index contributed by atoms with van der Waals surface area (Å²) in [5.74, 6) is 1.01. The van der Waals surface area contributed by atoms with Crippen molar-refractivity contribution < 1.29 is 9.53 Å². The molecule has 0 fully saturated rings. The van der Waals surface area contributed by atoms with E-state index in [4.69, 9.17) is 4.74 Å². The summed E-state index contributed by atoms with van der Waals surface area (Å²) in [5.41, 5.74) is 3.30. The molecule has 0 saturated heterocycles. The number of hydrogen-bond acceptors (Lipinski definition) is 5. The molecule has 6 heteroatoms. The largest absolute Gasteiger partial charge is 0.494 e. The molecule has 0 aliphatic heterocycles. The van der Waals surface area contributed by atoms with Crippen LogP contribution in [0.3, 0.4) is 0 Å². The number of allylic oxidation sites excluding steroid dienone is 1. The van der Waals surface area contributed by atoms with Gasteiger partial charge < -0.3 is 15.4 Å². The summed E-state index contributed by atoms with van der Waals surface area (Å²) >= 11 is 0. The minimum absolute atomic E-state index is 0.257. The van der Waals surface area contributed by atoms with Crippen LogP contribution in [0.2, 0.25) is 0 Å². The molecule has 0 radical (unpaired) electrons. The normalized spacial score (nSPS) is 13.6. The average Bonchev–Trinajstić information content (AvgIpc) is 2.70. The van der Waals surface area contributed by atoms with Crippen molar-refractivity contribution in [1.82, 2.24) is 9.97 Å². The molecule has 2 N–H and O–H groups in total. The van der Waals surface area contributed by atoms with Gasteiger partial charge >= 0.3 is 0 Å². The van der Waals surface area contributed by atoms with Crippen LogP contribution in [0.25, 0.3) is 0 Å². The van der Waals surface area contributed by atoms with Crippen molar-refractivity contribution in [3.8, 4) is 5.75 Å². The lowest BCUT2D eigenvalue weighted by atomic mass is 9.97. The smallest absolute Gasteiger partial charge is 0.274 e. The van der Waals surface area contributed by atoms with Crippen molar-refractivity contribution in [2.75, 3.05) is 23.8 Å². The van der Waals surface area contributed by atoms with Gasteiger partial charge in [0, 0.05) is 17.9 Å². The molecule has 148 valence electrons. The Kier molecular flexibility index (Phi) is 7.00. The number of carbonyl (C=O) groups excluding carboxylic acids is 1. The second-order valence-electron chi connectivity index (χ2n) is 6.91. The highest BCUT2D eigenvalue weighted by Crippen LogP contribution is 2.20. The topological polar surface area (TPSA) is 76.1 Å². The minimum atomic E-state index is -0.257. The summed E-state index contributed by atoms with van der Waals surface area (Å²) in [7, 11) is 0. The van der Waals surface area contributed by atoms with E-state index in [1.54, 1.807) is 6.07 Å². The van der Waals surface area contributed by atoms with Crippen LogP contribution in [-0.4, -0.2) is 29.0 Å². The second kappa shape index (κ2) is 9.88. The molecule has 0 bridgehead atoms. The van der Waals surface area contributed by atoms with Crippen LogP contribution >= 0.6 is 0 Å². The number of aryl methyl sites for hydroxylation is 1. The fourth-order valence-electron chi connectivity index (χ4n) is 3.23. The van der Waals surface area contributed by atoms with Crippen LogP contribution in [0.1, 0.15) is 55.2 Å². The van der Waals surface area contributed by atoms with Crippen LogP contribution < -0.4 is 15.4 Å². The third-order valence-electron chi connectivity index (χ3n) is 4.62. The molecule has 0 saturated carbocycles. The van der Waals surface area contributed by atoms with Crippen molar-refractivity contribution in [1.29, 1.82) is 0 Å². The van der Waals surface area contributed by atoms with Gasteiger partial charge in [0.25, 0.3) is 5.91 Å². The van der Waals surface area contributed by atoms with E-state index in [0.717, 1.165) is 24.4 Å². The first-order chi connectivity index (χ1) is 13.6. The Morgan fingerprint density at radius 1 is 1.18 bits per heavy atom. The number of anilines is 2. The van der Waals surface area contributed by atoms with E-state index in [-0.39, 0.29) is 5.91 Å². The number of rotatable bonds is 8. The van der Waals surface area contributed by atoms with E-state index in [0.29, 0.717) is 23.9 Å². The molecule has 28 heavy (non-hydrogen) atoms. The van der Waals surface area contributed by atoms with Gasteiger partial charge in [-0.3, -0.25) is 4.79 Å². The molecule has 0 unspecified atom stereocenters. The van der Waals surface area contributed by atoms with Gasteiger partial charge in [-0.25, -0.2) is 9.97 Å². The van der Waals surface area contributed by atoms with Crippen LogP contribution in [0.5, 0.6) is 5.75 Å². The maximum absolute atomic E-state index is 12.6. The average molecular weight is 380 g/mol. The fraction of sp³-hybridized carbons (Fsp3) is 0.409. The maximum Gasteiger partial charge on any atom is 0.274 e. The number of hydrogen-bond donors (Lipinski definition) is 2. The molecule has 1 aromatic carbocycles. The number of amides is 1. The highest BCUT2D eigenvalue weighted by molar-refractivity contribution is 6.03. The van der Waals surface area contributed by atoms with E-state index >= 15 is 0 Å². The Bertz CT molecular complexity index is 831. The van der Waals surface area contributed by atoms with Crippen LogP contribution in [0.4, 0.5) is 11.6 Å². The number of ether oxygens (including phenoxy) is 1. The van der Waals surface area contributed by atoms with Gasteiger partial charge in [-0.2, -0.15) is 0 Å². The lowest BCUT2D eigenvalue weighted by Gasteiger charge is -2.13. The molecule has 1 aromatic heterocycles. The van der Waals surface area contributed by atoms with Crippen LogP contribution in [0.15, 0.2) is 42.0 Å². The summed E-state index contributed by atoms with van der Waals surface area (Å²) in [6, 6.07) is 8.98. The number of aromatic nitrogens is 2. The van der Waals surface area contributed by atoms with E-state index in [1.165, 1.54) is 31.3 Å². The molecule has 6 nitrogen and oxygen atoms in total. The Morgan fingerprint density at radius 3 is 2.71 bits per heavy atom. The maximum atomic E-state index is 12.6. The van der Waals surface area contributed by atoms with E-state index in [9.17, 15) is 4.79 Å². The van der Waals surface area contributed by atoms with Crippen molar-refractivity contribution in [2.45, 2.75) is 46.0 Å². The van der Waals surface area contributed by atoms with Crippen LogP contribution in [-0.2, 0) is 0 Å². The second-order valence-corrected chi connectivity index (χ2v) is 6.91. The standard InChI is InChI=1S/C22H28N4O2/c1-3-28-19-11-9-18(10-12-19)25-21(27)20-15-16(2)24-22(26-20)23-14-13-17-7-5-4-6-8-17/h7,9-12,15H,3-6,8,13-14H2,1-2H3,(H,25,27)(H,23,24,26). The van der Waals surface area contributed by atoms with Crippen molar-refractivity contribution in [3.05, 3.63) is 53.4 Å². The van der Waals surface area contributed by atoms with Gasteiger partial charge in [0.1, 0.15) is 11.4 Å². The van der Waals surface area contributed by atoms with E-state index < -0.39 is 0 Å². The zero-order chi connectivity index (χ0) is 19.8. The first kappa shape index (κ1) is 19.9. The SMILES string of the molecule is CCOc1ccc(NC(=O)c2cc(C)nc(NCCC3=CCCCC3)n2)cc1. The Balaban J connectivity index is 1.59. The molecule has 0 atom stereocenters. The molecule has 1 heterocycles. The highest BCUT2D eigenvalue weighted by atomic mass is 16.5. The molecule has 0 spiro atoms. The molecule has 1 aliphatic rings. The summed E-state index contributed by atoms with van der Waals surface area (Å²) in [4.78, 5) is 21.4. The van der Waals surface area contributed by atoms with Gasteiger partial charge in [-0.1, -0.05) is 11.6 Å². The zero-order valence-electron chi connectivity index (χ0n) is 16.6. The molecule has 2 aromatic rings. The minimum Gasteiger partial charge on any atom is -0.494 e.